The van der Waals surface area contributed by atoms with Crippen LogP contribution in [0.3, 0.4) is 0 Å². The first-order chi connectivity index (χ1) is 11.1. The SMILES string of the molecule is CCCCC(=O)C1CCC(C(=O)O)CC1c1nccc(OC)n1. The van der Waals surface area contributed by atoms with Gasteiger partial charge in [0, 0.05) is 30.5 Å². The van der Waals surface area contributed by atoms with Crippen LogP contribution in [0.2, 0.25) is 0 Å². The van der Waals surface area contributed by atoms with E-state index >= 15 is 0 Å². The van der Waals surface area contributed by atoms with Gasteiger partial charge < -0.3 is 9.84 Å². The summed E-state index contributed by atoms with van der Waals surface area (Å²) >= 11 is 0. The van der Waals surface area contributed by atoms with Crippen molar-refractivity contribution in [2.45, 2.75) is 51.4 Å². The quantitative estimate of drug-likeness (QED) is 0.831. The first-order valence-electron chi connectivity index (χ1n) is 8.19. The number of methoxy groups -OCH3 is 1. The highest BCUT2D eigenvalue weighted by atomic mass is 16.5. The van der Waals surface area contributed by atoms with Crippen LogP contribution in [0.4, 0.5) is 0 Å². The molecule has 1 heterocycles. The minimum Gasteiger partial charge on any atom is -0.481 e. The smallest absolute Gasteiger partial charge is 0.306 e. The van der Waals surface area contributed by atoms with Gasteiger partial charge in [0.25, 0.3) is 0 Å². The molecule has 6 heteroatoms. The Balaban J connectivity index is 2.25. The van der Waals surface area contributed by atoms with E-state index < -0.39 is 11.9 Å². The first kappa shape index (κ1) is 17.4. The zero-order chi connectivity index (χ0) is 16.8. The van der Waals surface area contributed by atoms with E-state index in [1.165, 1.54) is 7.11 Å². The van der Waals surface area contributed by atoms with Gasteiger partial charge in [-0.1, -0.05) is 13.3 Å². The van der Waals surface area contributed by atoms with Crippen molar-refractivity contribution in [3.63, 3.8) is 0 Å². The maximum absolute atomic E-state index is 12.5. The van der Waals surface area contributed by atoms with Crippen molar-refractivity contribution in [3.05, 3.63) is 18.1 Å². The molecular weight excluding hydrogens is 296 g/mol. The number of carboxylic acids is 1. The van der Waals surface area contributed by atoms with Gasteiger partial charge in [0.2, 0.25) is 5.88 Å². The van der Waals surface area contributed by atoms with E-state index in [-0.39, 0.29) is 17.6 Å². The molecule has 0 amide bonds. The number of aromatic nitrogens is 2. The van der Waals surface area contributed by atoms with Gasteiger partial charge in [-0.3, -0.25) is 9.59 Å². The minimum atomic E-state index is -0.808. The number of hydrogen-bond acceptors (Lipinski definition) is 5. The molecule has 1 aliphatic rings. The summed E-state index contributed by atoms with van der Waals surface area (Å²) in [6, 6.07) is 1.65. The molecule has 1 N–H and O–H groups in total. The Morgan fingerprint density at radius 2 is 2.17 bits per heavy atom. The lowest BCUT2D eigenvalue weighted by atomic mass is 9.71. The Hall–Kier alpha value is -1.98. The average molecular weight is 320 g/mol. The van der Waals surface area contributed by atoms with Gasteiger partial charge >= 0.3 is 5.97 Å². The molecule has 1 saturated carbocycles. The number of nitrogens with zero attached hydrogens (tertiary/aromatic N) is 2. The predicted octanol–water partition coefficient (Wildman–Crippen LogP) is 2.83. The van der Waals surface area contributed by atoms with Crippen molar-refractivity contribution in [3.8, 4) is 5.88 Å². The fraction of sp³-hybridized carbons (Fsp3) is 0.647. The van der Waals surface area contributed by atoms with Crippen LogP contribution in [0, 0.1) is 11.8 Å². The van der Waals surface area contributed by atoms with Crippen LogP contribution in [-0.2, 0) is 9.59 Å². The van der Waals surface area contributed by atoms with Crippen LogP contribution in [0.1, 0.15) is 57.2 Å². The van der Waals surface area contributed by atoms with E-state index in [4.69, 9.17) is 4.74 Å². The summed E-state index contributed by atoms with van der Waals surface area (Å²) < 4.78 is 5.13. The van der Waals surface area contributed by atoms with Crippen LogP contribution in [0.25, 0.3) is 0 Å². The summed E-state index contributed by atoms with van der Waals surface area (Å²) in [5, 5.41) is 9.32. The number of carbonyl (C=O) groups excluding carboxylic acids is 1. The summed E-state index contributed by atoms with van der Waals surface area (Å²) in [7, 11) is 1.52. The number of hydrogen-bond donors (Lipinski definition) is 1. The van der Waals surface area contributed by atoms with E-state index in [0.717, 1.165) is 12.8 Å². The molecule has 1 fully saturated rings. The molecule has 0 aromatic carbocycles. The molecule has 0 spiro atoms. The van der Waals surface area contributed by atoms with Crippen molar-refractivity contribution in [1.29, 1.82) is 0 Å². The molecule has 126 valence electrons. The van der Waals surface area contributed by atoms with Gasteiger partial charge in [-0.25, -0.2) is 4.98 Å². The number of Topliss-reactive ketones (excluding diaryl/α,β-unsaturated/α-hetero) is 1. The number of rotatable bonds is 7. The number of carboxylic acid groups (broad SMARTS) is 1. The molecule has 6 nitrogen and oxygen atoms in total. The monoisotopic (exact) mass is 320 g/mol. The standard InChI is InChI=1S/C17H24N2O4/c1-3-4-5-14(20)12-7-6-11(17(21)22)10-13(12)16-18-9-8-15(19-16)23-2/h8-9,11-13H,3-7,10H2,1-2H3,(H,21,22). The van der Waals surface area contributed by atoms with Gasteiger partial charge in [0.1, 0.15) is 11.6 Å². The summed E-state index contributed by atoms with van der Waals surface area (Å²) in [5.74, 6) is -0.527. The maximum atomic E-state index is 12.5. The number of unbranched alkanes of at least 4 members (excludes halogenated alkanes) is 1. The van der Waals surface area contributed by atoms with Crippen molar-refractivity contribution in [2.75, 3.05) is 7.11 Å². The fourth-order valence-electron chi connectivity index (χ4n) is 3.25. The van der Waals surface area contributed by atoms with Crippen LogP contribution < -0.4 is 4.74 Å². The van der Waals surface area contributed by atoms with Crippen molar-refractivity contribution in [2.24, 2.45) is 11.8 Å². The highest BCUT2D eigenvalue weighted by Crippen LogP contribution is 2.41. The van der Waals surface area contributed by atoms with Crippen LogP contribution >= 0.6 is 0 Å². The molecule has 0 radical (unpaired) electrons. The van der Waals surface area contributed by atoms with E-state index in [1.807, 2.05) is 0 Å². The second kappa shape index (κ2) is 8.04. The van der Waals surface area contributed by atoms with Gasteiger partial charge in [-0.2, -0.15) is 4.98 Å². The van der Waals surface area contributed by atoms with E-state index in [0.29, 0.717) is 37.4 Å². The molecule has 1 aromatic rings. The normalized spacial score (nSPS) is 24.2. The Kier molecular flexibility index (Phi) is 6.07. The topological polar surface area (TPSA) is 89.4 Å². The minimum absolute atomic E-state index is 0.191. The fourth-order valence-corrected chi connectivity index (χ4v) is 3.25. The summed E-state index contributed by atoms with van der Waals surface area (Å²) in [5.41, 5.74) is 0. The first-order valence-corrected chi connectivity index (χ1v) is 8.19. The number of ketones is 1. The number of ether oxygens (including phenoxy) is 1. The van der Waals surface area contributed by atoms with E-state index in [9.17, 15) is 14.7 Å². The van der Waals surface area contributed by atoms with Crippen molar-refractivity contribution < 1.29 is 19.4 Å². The predicted molar refractivity (Wildman–Crippen MR) is 84.3 cm³/mol. The van der Waals surface area contributed by atoms with Gasteiger partial charge in [-0.05, 0) is 25.7 Å². The summed E-state index contributed by atoms with van der Waals surface area (Å²) in [4.78, 5) is 32.5. The Labute approximate surface area is 136 Å². The molecular formula is C17H24N2O4. The maximum Gasteiger partial charge on any atom is 0.306 e. The lowest BCUT2D eigenvalue weighted by Gasteiger charge is -2.32. The molecule has 23 heavy (non-hydrogen) atoms. The van der Waals surface area contributed by atoms with Gasteiger partial charge in [0.15, 0.2) is 0 Å². The third kappa shape index (κ3) is 4.27. The van der Waals surface area contributed by atoms with Crippen LogP contribution in [-0.4, -0.2) is 33.9 Å². The Morgan fingerprint density at radius 1 is 1.39 bits per heavy atom. The molecule has 0 aliphatic heterocycles. The Morgan fingerprint density at radius 3 is 2.83 bits per heavy atom. The zero-order valence-electron chi connectivity index (χ0n) is 13.7. The third-order valence-electron chi connectivity index (χ3n) is 4.58. The molecule has 0 saturated heterocycles. The van der Waals surface area contributed by atoms with Gasteiger partial charge in [0.05, 0.1) is 13.0 Å². The molecule has 3 unspecified atom stereocenters. The third-order valence-corrected chi connectivity index (χ3v) is 4.58. The summed E-state index contributed by atoms with van der Waals surface area (Å²) in [6.07, 6.45) is 5.51. The van der Waals surface area contributed by atoms with Crippen molar-refractivity contribution in [1.82, 2.24) is 9.97 Å². The lowest BCUT2D eigenvalue weighted by molar-refractivity contribution is -0.144. The highest BCUT2D eigenvalue weighted by molar-refractivity contribution is 5.82. The Bertz CT molecular complexity index is 561. The largest absolute Gasteiger partial charge is 0.481 e. The molecule has 2 rings (SSSR count). The molecule has 1 aromatic heterocycles. The average Bonchev–Trinajstić information content (AvgIpc) is 2.59. The molecule has 1 aliphatic carbocycles. The molecule has 0 bridgehead atoms. The van der Waals surface area contributed by atoms with E-state index in [2.05, 4.69) is 16.9 Å². The second-order valence-electron chi connectivity index (χ2n) is 6.09. The highest BCUT2D eigenvalue weighted by Gasteiger charge is 2.39. The van der Waals surface area contributed by atoms with Crippen LogP contribution in [0.15, 0.2) is 12.3 Å². The van der Waals surface area contributed by atoms with Crippen LogP contribution in [0.5, 0.6) is 5.88 Å². The van der Waals surface area contributed by atoms with Crippen molar-refractivity contribution >= 4 is 11.8 Å². The van der Waals surface area contributed by atoms with E-state index in [1.54, 1.807) is 12.3 Å². The molecule has 3 atom stereocenters. The summed E-state index contributed by atoms with van der Waals surface area (Å²) in [6.45, 7) is 2.05. The van der Waals surface area contributed by atoms with Gasteiger partial charge in [-0.15, -0.1) is 0 Å². The lowest BCUT2D eigenvalue weighted by Crippen LogP contribution is -2.33. The number of carbonyl (C=O) groups is 2. The second-order valence-corrected chi connectivity index (χ2v) is 6.09. The zero-order valence-corrected chi connectivity index (χ0v) is 13.7. The number of aliphatic carboxylic acids is 1.